The normalized spacial score (nSPS) is 12.9. The lowest BCUT2D eigenvalue weighted by atomic mass is 10.2. The molecule has 1 unspecified atom stereocenters. The SMILES string of the molecule is CCCC(O)c1noc(-c2cc3ccccc3o2)n1. The second-order valence-corrected chi connectivity index (χ2v) is 4.41. The minimum absolute atomic E-state index is 0.293. The summed E-state index contributed by atoms with van der Waals surface area (Å²) in [5.41, 5.74) is 0.770. The van der Waals surface area contributed by atoms with Crippen LogP contribution in [0.2, 0.25) is 0 Å². The maximum Gasteiger partial charge on any atom is 0.293 e. The number of hydrogen-bond acceptors (Lipinski definition) is 5. The quantitative estimate of drug-likeness (QED) is 0.777. The van der Waals surface area contributed by atoms with E-state index >= 15 is 0 Å². The minimum atomic E-state index is -0.688. The van der Waals surface area contributed by atoms with Crippen LogP contribution in [0.25, 0.3) is 22.6 Å². The number of aliphatic hydroxyl groups is 1. The van der Waals surface area contributed by atoms with Crippen LogP contribution in [-0.2, 0) is 0 Å². The van der Waals surface area contributed by atoms with Crippen molar-refractivity contribution >= 4 is 11.0 Å². The number of fused-ring (bicyclic) bond motifs is 1. The second kappa shape index (κ2) is 4.85. The number of nitrogens with zero attached hydrogens (tertiary/aromatic N) is 2. The molecule has 3 aromatic rings. The van der Waals surface area contributed by atoms with E-state index in [0.717, 1.165) is 17.4 Å². The van der Waals surface area contributed by atoms with Gasteiger partial charge in [0.1, 0.15) is 11.7 Å². The molecule has 0 aliphatic heterocycles. The predicted octanol–water partition coefficient (Wildman–Crippen LogP) is 3.32. The molecule has 1 aromatic carbocycles. The van der Waals surface area contributed by atoms with Crippen LogP contribution in [0.3, 0.4) is 0 Å². The number of benzene rings is 1. The fourth-order valence-electron chi connectivity index (χ4n) is 1.96. The molecule has 5 nitrogen and oxygen atoms in total. The van der Waals surface area contributed by atoms with Crippen molar-refractivity contribution in [2.45, 2.75) is 25.9 Å². The van der Waals surface area contributed by atoms with E-state index in [1.54, 1.807) is 0 Å². The zero-order valence-electron chi connectivity index (χ0n) is 10.5. The number of furan rings is 1. The van der Waals surface area contributed by atoms with Gasteiger partial charge in [-0.05, 0) is 18.6 Å². The Morgan fingerprint density at radius 1 is 1.32 bits per heavy atom. The third-order valence-corrected chi connectivity index (χ3v) is 2.94. The Morgan fingerprint density at radius 2 is 2.16 bits per heavy atom. The van der Waals surface area contributed by atoms with E-state index < -0.39 is 6.10 Å². The maximum absolute atomic E-state index is 9.80. The highest BCUT2D eigenvalue weighted by Crippen LogP contribution is 2.27. The molecule has 0 aliphatic rings. The number of hydrogen-bond donors (Lipinski definition) is 1. The van der Waals surface area contributed by atoms with E-state index in [0.29, 0.717) is 23.9 Å². The lowest BCUT2D eigenvalue weighted by Crippen LogP contribution is -1.98. The molecular formula is C14H14N2O3. The van der Waals surface area contributed by atoms with Crippen molar-refractivity contribution in [2.75, 3.05) is 0 Å². The second-order valence-electron chi connectivity index (χ2n) is 4.41. The number of aromatic nitrogens is 2. The Hall–Kier alpha value is -2.14. The summed E-state index contributed by atoms with van der Waals surface area (Å²) < 4.78 is 10.8. The van der Waals surface area contributed by atoms with Gasteiger partial charge >= 0.3 is 0 Å². The molecule has 0 saturated heterocycles. The summed E-state index contributed by atoms with van der Waals surface area (Å²) in [6.07, 6.45) is 0.779. The van der Waals surface area contributed by atoms with Crippen LogP contribution >= 0.6 is 0 Å². The lowest BCUT2D eigenvalue weighted by Gasteiger charge is -2.00. The summed E-state index contributed by atoms with van der Waals surface area (Å²) in [6.45, 7) is 1.99. The van der Waals surface area contributed by atoms with Gasteiger partial charge in [-0.2, -0.15) is 4.98 Å². The summed E-state index contributed by atoms with van der Waals surface area (Å²) in [7, 11) is 0. The summed E-state index contributed by atoms with van der Waals surface area (Å²) >= 11 is 0. The van der Waals surface area contributed by atoms with Crippen LogP contribution in [-0.4, -0.2) is 15.2 Å². The topological polar surface area (TPSA) is 72.3 Å². The van der Waals surface area contributed by atoms with Crippen molar-refractivity contribution in [3.63, 3.8) is 0 Å². The van der Waals surface area contributed by atoms with Crippen molar-refractivity contribution in [1.82, 2.24) is 10.1 Å². The molecule has 5 heteroatoms. The lowest BCUT2D eigenvalue weighted by molar-refractivity contribution is 0.153. The van der Waals surface area contributed by atoms with Gasteiger partial charge in [-0.1, -0.05) is 36.7 Å². The summed E-state index contributed by atoms with van der Waals surface area (Å²) in [5.74, 6) is 1.11. The predicted molar refractivity (Wildman–Crippen MR) is 69.4 cm³/mol. The third kappa shape index (κ3) is 2.24. The monoisotopic (exact) mass is 258 g/mol. The maximum atomic E-state index is 9.80. The fourth-order valence-corrected chi connectivity index (χ4v) is 1.96. The molecule has 1 N–H and O–H groups in total. The Morgan fingerprint density at radius 3 is 2.95 bits per heavy atom. The molecule has 3 rings (SSSR count). The van der Waals surface area contributed by atoms with Gasteiger partial charge in [0.15, 0.2) is 5.76 Å². The van der Waals surface area contributed by atoms with E-state index in [9.17, 15) is 5.11 Å². The van der Waals surface area contributed by atoms with E-state index in [1.807, 2.05) is 37.3 Å². The van der Waals surface area contributed by atoms with Crippen molar-refractivity contribution in [1.29, 1.82) is 0 Å². The van der Waals surface area contributed by atoms with Crippen molar-refractivity contribution < 1.29 is 14.0 Å². The molecule has 0 aliphatic carbocycles. The van der Waals surface area contributed by atoms with Crippen LogP contribution in [0.1, 0.15) is 31.7 Å². The highest BCUT2D eigenvalue weighted by Gasteiger charge is 2.18. The Bertz CT molecular complexity index is 654. The van der Waals surface area contributed by atoms with Crippen LogP contribution in [0.15, 0.2) is 39.3 Å². The molecule has 2 aromatic heterocycles. The van der Waals surface area contributed by atoms with E-state index in [2.05, 4.69) is 10.1 Å². The minimum Gasteiger partial charge on any atom is -0.451 e. The van der Waals surface area contributed by atoms with Crippen molar-refractivity contribution in [3.8, 4) is 11.7 Å². The van der Waals surface area contributed by atoms with Crippen LogP contribution in [0.5, 0.6) is 0 Å². The zero-order chi connectivity index (χ0) is 13.2. The number of rotatable bonds is 4. The molecule has 0 spiro atoms. The largest absolute Gasteiger partial charge is 0.451 e. The van der Waals surface area contributed by atoms with Gasteiger partial charge in [-0.25, -0.2) is 0 Å². The first-order chi connectivity index (χ1) is 9.28. The summed E-state index contributed by atoms with van der Waals surface area (Å²) in [6, 6.07) is 9.51. The van der Waals surface area contributed by atoms with Gasteiger partial charge in [0.25, 0.3) is 5.89 Å². The molecule has 0 saturated carbocycles. The fraction of sp³-hybridized carbons (Fsp3) is 0.286. The van der Waals surface area contributed by atoms with Gasteiger partial charge in [0, 0.05) is 5.39 Å². The van der Waals surface area contributed by atoms with Gasteiger partial charge in [-0.3, -0.25) is 0 Å². The zero-order valence-corrected chi connectivity index (χ0v) is 10.5. The van der Waals surface area contributed by atoms with E-state index in [-0.39, 0.29) is 0 Å². The van der Waals surface area contributed by atoms with Crippen LogP contribution in [0.4, 0.5) is 0 Å². The first kappa shape index (κ1) is 11.9. The molecule has 19 heavy (non-hydrogen) atoms. The van der Waals surface area contributed by atoms with Gasteiger partial charge in [-0.15, -0.1) is 0 Å². The van der Waals surface area contributed by atoms with E-state index in [1.165, 1.54) is 0 Å². The number of aliphatic hydroxyl groups excluding tert-OH is 1. The average molecular weight is 258 g/mol. The van der Waals surface area contributed by atoms with Gasteiger partial charge in [0.05, 0.1) is 0 Å². The summed E-state index contributed by atoms with van der Waals surface area (Å²) in [4.78, 5) is 4.17. The Balaban J connectivity index is 1.93. The molecule has 0 bridgehead atoms. The highest BCUT2D eigenvalue weighted by molar-refractivity contribution is 5.81. The standard InChI is InChI=1S/C14H14N2O3/c1-2-5-10(17)13-15-14(19-16-13)12-8-9-6-3-4-7-11(9)18-12/h3-4,6-8,10,17H,2,5H2,1H3. The van der Waals surface area contributed by atoms with Crippen molar-refractivity contribution in [3.05, 3.63) is 36.2 Å². The average Bonchev–Trinajstić information content (AvgIpc) is 3.05. The van der Waals surface area contributed by atoms with Crippen LogP contribution in [0, 0.1) is 0 Å². The smallest absolute Gasteiger partial charge is 0.293 e. The van der Waals surface area contributed by atoms with Crippen LogP contribution < -0.4 is 0 Å². The van der Waals surface area contributed by atoms with Crippen molar-refractivity contribution in [2.24, 2.45) is 0 Å². The molecule has 0 radical (unpaired) electrons. The molecule has 0 amide bonds. The third-order valence-electron chi connectivity index (χ3n) is 2.94. The summed E-state index contributed by atoms with van der Waals surface area (Å²) in [5, 5.41) is 14.6. The van der Waals surface area contributed by atoms with E-state index in [4.69, 9.17) is 8.94 Å². The molecule has 2 heterocycles. The molecular weight excluding hydrogens is 244 g/mol. The molecule has 0 fully saturated rings. The highest BCUT2D eigenvalue weighted by atomic mass is 16.5. The first-order valence-electron chi connectivity index (χ1n) is 6.28. The molecule has 1 atom stereocenters. The Kier molecular flexibility index (Phi) is 3.05. The van der Waals surface area contributed by atoms with Gasteiger partial charge < -0.3 is 14.0 Å². The molecule has 98 valence electrons. The number of para-hydroxylation sites is 1. The Labute approximate surface area is 109 Å². The van der Waals surface area contributed by atoms with Gasteiger partial charge in [0.2, 0.25) is 5.82 Å². The first-order valence-corrected chi connectivity index (χ1v) is 6.28.